The lowest BCUT2D eigenvalue weighted by Gasteiger charge is -2.23. The van der Waals surface area contributed by atoms with E-state index in [1.165, 1.54) is 7.05 Å². The number of fused-ring (bicyclic) bond motifs is 5. The van der Waals surface area contributed by atoms with E-state index in [4.69, 9.17) is 0 Å². The lowest BCUT2D eigenvalue weighted by atomic mass is 9.76. The van der Waals surface area contributed by atoms with Crippen LogP contribution in [0.5, 0.6) is 17.2 Å². The van der Waals surface area contributed by atoms with E-state index in [1.54, 1.807) is 24.3 Å². The number of carbonyl (C=O) groups excluding carboxylic acids is 4. The van der Waals surface area contributed by atoms with Gasteiger partial charge in [-0.25, -0.2) is 0 Å². The molecule has 1 atom stereocenters. The zero-order chi connectivity index (χ0) is 29.5. The van der Waals surface area contributed by atoms with Crippen molar-refractivity contribution in [1.29, 1.82) is 0 Å². The van der Waals surface area contributed by atoms with Gasteiger partial charge in [-0.05, 0) is 60.1 Å². The molecule has 0 fully saturated rings. The van der Waals surface area contributed by atoms with Gasteiger partial charge >= 0.3 is 0 Å². The molecule has 2 aromatic carbocycles. The van der Waals surface area contributed by atoms with Gasteiger partial charge in [-0.1, -0.05) is 18.2 Å². The van der Waals surface area contributed by atoms with Gasteiger partial charge in [0.1, 0.15) is 22.7 Å². The molecule has 0 unspecified atom stereocenters. The Morgan fingerprint density at radius 2 is 1.61 bits per heavy atom. The number of aromatic nitrogens is 1. The molecule has 1 heterocycles. The quantitative estimate of drug-likeness (QED) is 0.138. The summed E-state index contributed by atoms with van der Waals surface area (Å²) in [5.74, 6) is -5.73. The summed E-state index contributed by atoms with van der Waals surface area (Å²) in [5.41, 5.74) is -4.27. The highest BCUT2D eigenvalue weighted by Gasteiger charge is 2.62. The zero-order valence-corrected chi connectivity index (χ0v) is 23.9. The Labute approximate surface area is 245 Å². The van der Waals surface area contributed by atoms with Crippen molar-refractivity contribution in [2.75, 3.05) is 7.05 Å². The number of aliphatic imine (C=N–C) groups is 1. The number of ketones is 4. The number of nitrogens with one attached hydrogen (secondary N) is 1. The van der Waals surface area contributed by atoms with Crippen LogP contribution >= 0.6 is 22.6 Å². The molecule has 0 amide bonds. The summed E-state index contributed by atoms with van der Waals surface area (Å²) in [5, 5.41) is 34.1. The number of benzene rings is 2. The highest BCUT2D eigenvalue weighted by molar-refractivity contribution is 14.1. The lowest BCUT2D eigenvalue weighted by molar-refractivity contribution is 0.0790. The molecule has 0 bridgehead atoms. The molecule has 6 rings (SSSR count). The van der Waals surface area contributed by atoms with E-state index in [1.807, 2.05) is 35.6 Å². The first-order valence-corrected chi connectivity index (χ1v) is 13.7. The second kappa shape index (κ2) is 9.06. The van der Waals surface area contributed by atoms with Gasteiger partial charge in [-0.3, -0.25) is 29.0 Å². The number of hydrogen-bond acceptors (Lipinski definition) is 9. The minimum atomic E-state index is -2.07. The number of rotatable bonds is 2. The van der Waals surface area contributed by atoms with Crippen molar-refractivity contribution in [3.05, 3.63) is 77.3 Å². The van der Waals surface area contributed by atoms with E-state index in [0.29, 0.717) is 20.2 Å². The minimum Gasteiger partial charge on any atom is -0.507 e. The van der Waals surface area contributed by atoms with Crippen LogP contribution in [-0.2, 0) is 11.8 Å². The molecule has 3 aliphatic rings. The Bertz CT molecular complexity index is 1980. The molecular formula is C30H21IN2O8. The number of H-pyrrole nitrogens is 1. The molecule has 41 heavy (non-hydrogen) atoms. The third-order valence-electron chi connectivity index (χ3n) is 8.13. The van der Waals surface area contributed by atoms with Crippen LogP contribution in [0.25, 0.3) is 16.8 Å². The topological polar surface area (TPSA) is 174 Å². The minimum absolute atomic E-state index is 0.0754. The smallest absolute Gasteiger partial charge is 0.260 e. The van der Waals surface area contributed by atoms with Gasteiger partial charge < -0.3 is 20.3 Å². The number of Topliss-reactive ketones (excluding diaryl/α,β-unsaturated/α-hetero) is 4. The molecule has 3 aromatic rings. The van der Waals surface area contributed by atoms with Gasteiger partial charge in [-0.2, -0.15) is 0 Å². The lowest BCUT2D eigenvalue weighted by Crippen LogP contribution is -2.36. The molecule has 0 radical (unpaired) electrons. The van der Waals surface area contributed by atoms with Crippen molar-refractivity contribution in [3.63, 3.8) is 0 Å². The SMILES string of the molecule is CC=CC=Cc1cc2c(I)c3c(c(O)c2c(=O)[nH]1)[C@@]1(CC3)C(=O)c2c(O)c3c(c(O)c2C1=O)C(=O)C(=NC)CC3=O. The number of nitrogens with zero attached hydrogens (tertiary/aromatic N) is 1. The first kappa shape index (κ1) is 26.8. The van der Waals surface area contributed by atoms with Crippen molar-refractivity contribution in [1.82, 2.24) is 4.98 Å². The molecule has 11 heteroatoms. The summed E-state index contributed by atoms with van der Waals surface area (Å²) < 4.78 is 0.563. The van der Waals surface area contributed by atoms with E-state index < -0.39 is 80.0 Å². The largest absolute Gasteiger partial charge is 0.507 e. The first-order valence-electron chi connectivity index (χ1n) is 12.7. The normalized spacial score (nSPS) is 20.8. The van der Waals surface area contributed by atoms with Gasteiger partial charge in [0.2, 0.25) is 5.78 Å². The van der Waals surface area contributed by atoms with E-state index in [-0.39, 0.29) is 29.5 Å². The molecular weight excluding hydrogens is 643 g/mol. The summed E-state index contributed by atoms with van der Waals surface area (Å²) in [6.45, 7) is 1.85. The third kappa shape index (κ3) is 3.29. The van der Waals surface area contributed by atoms with Crippen LogP contribution < -0.4 is 5.56 Å². The van der Waals surface area contributed by atoms with Crippen LogP contribution in [0.4, 0.5) is 0 Å². The highest BCUT2D eigenvalue weighted by atomic mass is 127. The number of allylic oxidation sites excluding steroid dienone is 3. The van der Waals surface area contributed by atoms with Gasteiger partial charge in [-0.15, -0.1) is 0 Å². The number of halogens is 1. The fourth-order valence-electron chi connectivity index (χ4n) is 6.31. The van der Waals surface area contributed by atoms with Gasteiger partial charge in [0.05, 0.1) is 39.8 Å². The van der Waals surface area contributed by atoms with Crippen LogP contribution in [-0.4, -0.2) is 56.2 Å². The highest BCUT2D eigenvalue weighted by Crippen LogP contribution is 2.58. The second-order valence-corrected chi connectivity index (χ2v) is 11.2. The molecule has 1 aromatic heterocycles. The number of phenols is 3. The Balaban J connectivity index is 1.63. The maximum absolute atomic E-state index is 14.1. The van der Waals surface area contributed by atoms with Gasteiger partial charge in [0, 0.05) is 27.3 Å². The molecule has 0 saturated heterocycles. The van der Waals surface area contributed by atoms with Crippen molar-refractivity contribution in [2.45, 2.75) is 31.6 Å². The van der Waals surface area contributed by atoms with Gasteiger partial charge in [0.25, 0.3) is 5.56 Å². The Morgan fingerprint density at radius 3 is 2.24 bits per heavy atom. The maximum Gasteiger partial charge on any atom is 0.260 e. The number of pyridine rings is 1. The first-order chi connectivity index (χ1) is 19.5. The molecule has 10 nitrogen and oxygen atoms in total. The van der Waals surface area contributed by atoms with E-state index in [9.17, 15) is 39.3 Å². The van der Waals surface area contributed by atoms with Crippen LogP contribution in [0.1, 0.15) is 78.0 Å². The van der Waals surface area contributed by atoms with Crippen molar-refractivity contribution in [2.24, 2.45) is 4.99 Å². The fraction of sp³-hybridized carbons (Fsp3) is 0.200. The molecule has 0 aliphatic heterocycles. The Hall–Kier alpha value is -4.39. The molecule has 1 spiro atoms. The molecule has 4 N–H and O–H groups in total. The summed E-state index contributed by atoms with van der Waals surface area (Å²) in [7, 11) is 1.30. The second-order valence-electron chi connectivity index (χ2n) is 10.1. The van der Waals surface area contributed by atoms with Crippen molar-refractivity contribution in [3.8, 4) is 17.2 Å². The standard InChI is InChI=1S/C30H21IN2O8/c1-3-4-5-6-11-9-13-16(29(41)33-11)26(38)21-12(22(13)31)7-8-30(21)27(39)19-20(28(30)40)25(37)18-17(24(19)36)15(34)10-14(32-2)23(18)35/h3-6,9,36-38H,7-8,10H2,1-2H3,(H,33,41)/t30-/m0/s1. The Morgan fingerprint density at radius 1 is 0.951 bits per heavy atom. The number of hydrogen-bond donors (Lipinski definition) is 4. The molecule has 206 valence electrons. The average molecular weight is 664 g/mol. The van der Waals surface area contributed by atoms with Crippen molar-refractivity contribution >= 4 is 68.3 Å². The summed E-state index contributed by atoms with van der Waals surface area (Å²) in [6, 6.07) is 1.69. The van der Waals surface area contributed by atoms with Crippen LogP contribution in [0.15, 0.2) is 34.1 Å². The Kier molecular flexibility index (Phi) is 5.93. The van der Waals surface area contributed by atoms with Crippen molar-refractivity contribution < 1.29 is 34.5 Å². The molecule has 0 saturated carbocycles. The summed E-state index contributed by atoms with van der Waals surface area (Å²) >= 11 is 2.01. The maximum atomic E-state index is 14.1. The van der Waals surface area contributed by atoms with E-state index >= 15 is 0 Å². The van der Waals surface area contributed by atoms with Crippen LogP contribution in [0, 0.1) is 3.57 Å². The summed E-state index contributed by atoms with van der Waals surface area (Å²) in [4.78, 5) is 73.8. The van der Waals surface area contributed by atoms with E-state index in [0.717, 1.165) is 0 Å². The van der Waals surface area contributed by atoms with E-state index in [2.05, 4.69) is 9.98 Å². The predicted octanol–water partition coefficient (Wildman–Crippen LogP) is 3.94. The summed E-state index contributed by atoms with van der Waals surface area (Å²) in [6.07, 6.45) is 6.64. The predicted molar refractivity (Wildman–Crippen MR) is 158 cm³/mol. The third-order valence-corrected chi connectivity index (χ3v) is 9.36. The number of aromatic amines is 1. The average Bonchev–Trinajstić information content (AvgIpc) is 3.45. The monoisotopic (exact) mass is 664 g/mol. The number of aromatic hydroxyl groups is 3. The van der Waals surface area contributed by atoms with Crippen LogP contribution in [0.2, 0.25) is 0 Å². The number of phenolic OH excluding ortho intramolecular Hbond substituents is 3. The fourth-order valence-corrected chi connectivity index (χ4v) is 7.27. The van der Waals surface area contributed by atoms with Gasteiger partial charge in [0.15, 0.2) is 17.3 Å². The number of carbonyl (C=O) groups is 4. The zero-order valence-electron chi connectivity index (χ0n) is 21.7. The molecule has 3 aliphatic carbocycles. The van der Waals surface area contributed by atoms with Crippen LogP contribution in [0.3, 0.4) is 0 Å².